The van der Waals surface area contributed by atoms with Crippen LogP contribution in [0.4, 0.5) is 0 Å². The Morgan fingerprint density at radius 2 is 1.19 bits per heavy atom. The summed E-state index contributed by atoms with van der Waals surface area (Å²) in [4.78, 5) is 9.48. The van der Waals surface area contributed by atoms with Crippen LogP contribution >= 0.6 is 23.2 Å². The van der Waals surface area contributed by atoms with E-state index in [0.29, 0.717) is 42.4 Å². The summed E-state index contributed by atoms with van der Waals surface area (Å²) in [5.41, 5.74) is 0. The zero-order valence-electron chi connectivity index (χ0n) is 10.2. The molecule has 0 aromatic rings. The van der Waals surface area contributed by atoms with Gasteiger partial charge in [-0.25, -0.2) is 9.13 Å². The fraction of sp³-hybridized carbons (Fsp3) is 0. The molecule has 0 aliphatic carbocycles. The molecule has 0 spiro atoms. The van der Waals surface area contributed by atoms with Crippen LogP contribution in [0.2, 0.25) is 0 Å². The molecule has 3 heterocycles. The van der Waals surface area contributed by atoms with Gasteiger partial charge in [0.05, 0.1) is 0 Å². The fourth-order valence-corrected chi connectivity index (χ4v) is 213. The van der Waals surface area contributed by atoms with Crippen LogP contribution in [-0.4, -0.2) is 99.8 Å². The van der Waals surface area contributed by atoms with Crippen molar-refractivity contribution in [2.24, 2.45) is 0 Å². The summed E-state index contributed by atoms with van der Waals surface area (Å²) in [5.74, 6) is 0. The predicted octanol–water partition coefficient (Wildman–Crippen LogP) is -1.54. The van der Waals surface area contributed by atoms with Gasteiger partial charge in [0.25, 0.3) is 0 Å². The minimum atomic E-state index is -3.85. The third kappa shape index (κ3) is 10.4. The Bertz CT molecular complexity index is 327. The van der Waals surface area contributed by atoms with E-state index < -0.39 is 23.2 Å². The summed E-state index contributed by atoms with van der Waals surface area (Å²) >= 11 is 5.25. The summed E-state index contributed by atoms with van der Waals surface area (Å²) in [6, 6.07) is 0. The Labute approximate surface area is 173 Å². The summed E-state index contributed by atoms with van der Waals surface area (Å²) < 4.78 is 44.5. The van der Waals surface area contributed by atoms with Crippen LogP contribution < -0.4 is 4.89 Å². The summed E-state index contributed by atoms with van der Waals surface area (Å²) in [6.07, 6.45) is 0. The van der Waals surface area contributed by atoms with E-state index in [-0.39, 0.29) is 5.48 Å². The van der Waals surface area contributed by atoms with E-state index in [4.69, 9.17) is 0 Å². The fourth-order valence-electron chi connectivity index (χ4n) is 0.560. The molecule has 3 rings (SSSR count). The Morgan fingerprint density at radius 3 is 1.24 bits per heavy atom. The molecule has 0 aromatic heterocycles. The van der Waals surface area contributed by atoms with Crippen molar-refractivity contribution in [2.45, 2.75) is 0 Å². The first-order chi connectivity index (χ1) is 9.47. The van der Waals surface area contributed by atoms with Gasteiger partial charge >= 0.3 is 109 Å². The maximum absolute atomic E-state index is 10.8. The molecule has 0 unspecified atom stereocenters. The Morgan fingerprint density at radius 1 is 0.857 bits per heavy atom. The number of rotatable bonds is 3. The van der Waals surface area contributed by atoms with Gasteiger partial charge < -0.3 is 10.4 Å². The average molecular weight is 502 g/mol. The smallest absolute Gasteiger partial charge is 0.174 e. The van der Waals surface area contributed by atoms with E-state index in [1.165, 1.54) is 0 Å². The van der Waals surface area contributed by atoms with Crippen molar-refractivity contribution in [2.75, 3.05) is 0 Å². The van der Waals surface area contributed by atoms with Crippen molar-refractivity contribution < 1.29 is 62.7 Å². The number of hydrogen-bond donors (Lipinski definition) is 0. The summed E-state index contributed by atoms with van der Waals surface area (Å²) in [6.45, 7) is 0. The minimum Gasteiger partial charge on any atom is -0.870 e. The molecule has 13 nitrogen and oxygen atoms in total. The van der Waals surface area contributed by atoms with Crippen LogP contribution in [-0.2, 0) is 52.3 Å². The normalized spacial score (nSPS) is 23.3. The SMILES string of the molecule is O=P1(P2(=O)OOO2)OOO1.[Ca+][Ca][Ca][Ca][Ca+].[O-]P1OOO1.[OH-]. The van der Waals surface area contributed by atoms with Crippen LogP contribution in [0, 0.1) is 0 Å². The quantitative estimate of drug-likeness (QED) is 0.247. The Balaban J connectivity index is 0.000000312. The first-order valence-corrected chi connectivity index (χ1v) is 41.7. The molecule has 21 heteroatoms. The van der Waals surface area contributed by atoms with E-state index >= 15 is 0 Å². The maximum Gasteiger partial charge on any atom is 0.174 e. The first kappa shape index (κ1) is 27.7. The van der Waals surface area contributed by atoms with Crippen LogP contribution in [0.3, 0.4) is 0 Å². The van der Waals surface area contributed by atoms with Gasteiger partial charge in [-0.2, -0.15) is 9.35 Å². The van der Waals surface area contributed by atoms with Crippen molar-refractivity contribution in [3.8, 4) is 0 Å². The molecule has 0 atom stereocenters. The topological polar surface area (TPSA) is 170 Å². The van der Waals surface area contributed by atoms with Gasteiger partial charge in [-0.3, -0.25) is 0 Å². The van der Waals surface area contributed by atoms with Crippen LogP contribution in [0.25, 0.3) is 0 Å². The first-order valence-electron chi connectivity index (χ1n) is 4.84. The summed E-state index contributed by atoms with van der Waals surface area (Å²) in [7, 11) is -9.58. The second-order valence-electron chi connectivity index (χ2n) is 2.87. The Kier molecular flexibility index (Phi) is 20.6. The van der Waals surface area contributed by atoms with E-state index in [1.54, 1.807) is 0 Å². The molecule has 21 heavy (non-hydrogen) atoms. The third-order valence-corrected chi connectivity index (χ3v) is 150. The molecule has 0 amide bonds. The molecule has 0 saturated carbocycles. The zero-order valence-corrected chi connectivity index (χ0v) is 23.9. The molecule has 3 saturated heterocycles. The van der Waals surface area contributed by atoms with Gasteiger partial charge in [-0.15, -0.1) is 18.7 Å². The monoisotopic (exact) mass is 502 g/mol. The Hall–Kier alpha value is 6.75. The van der Waals surface area contributed by atoms with Gasteiger partial charge in [0.15, 0.2) is 8.60 Å². The minimum absolute atomic E-state index is 0. The van der Waals surface area contributed by atoms with E-state index in [0.717, 1.165) is 0 Å². The third-order valence-electron chi connectivity index (χ3n) is 1.48. The van der Waals surface area contributed by atoms with Gasteiger partial charge in [-0.05, 0) is 10.1 Å². The van der Waals surface area contributed by atoms with Crippen molar-refractivity contribution in [1.82, 2.24) is 0 Å². The van der Waals surface area contributed by atoms with Crippen molar-refractivity contribution in [1.29, 1.82) is 0 Å². The second-order valence-corrected chi connectivity index (χ2v) is 82.3. The van der Waals surface area contributed by atoms with Crippen LogP contribution in [0.5, 0.6) is 0 Å². The molecular weight excluding hydrogens is 501 g/mol. The molecule has 0 bridgehead atoms. The maximum atomic E-state index is 10.8. The van der Waals surface area contributed by atoms with Gasteiger partial charge in [-0.1, -0.05) is 5.04 Å². The largest absolute Gasteiger partial charge is 0.870 e. The molecule has 3 aliphatic rings. The number of hydrogen-bond acceptors (Lipinski definition) is 13. The van der Waals surface area contributed by atoms with E-state index in [2.05, 4.69) is 43.2 Å². The van der Waals surface area contributed by atoms with Crippen molar-refractivity contribution in [3.63, 3.8) is 0 Å². The molecule has 3 fully saturated rings. The summed E-state index contributed by atoms with van der Waals surface area (Å²) in [5, 5.41) is 10.8. The molecule has 1 N–H and O–H groups in total. The second kappa shape index (κ2) is 15.6. The van der Waals surface area contributed by atoms with E-state index in [1.807, 2.05) is 51.9 Å². The van der Waals surface area contributed by atoms with Crippen molar-refractivity contribution in [3.05, 3.63) is 0 Å². The molecule has 104 valence electrons. The molecular formula is HCa5O13P3. The van der Waals surface area contributed by atoms with Crippen molar-refractivity contribution >= 4 is 118 Å². The van der Waals surface area contributed by atoms with Crippen LogP contribution in [0.15, 0.2) is 0 Å². The van der Waals surface area contributed by atoms with E-state index in [9.17, 15) is 14.0 Å². The molecule has 0 aromatic carbocycles. The average Bonchev–Trinajstić information content (AvgIpc) is 2.33. The van der Waals surface area contributed by atoms with Gasteiger partial charge in [0.2, 0.25) is 0 Å². The van der Waals surface area contributed by atoms with Gasteiger partial charge in [0.1, 0.15) is 0 Å². The van der Waals surface area contributed by atoms with Gasteiger partial charge in [0, 0.05) is 0 Å². The zero-order chi connectivity index (χ0) is 15.1. The molecule has 0 radical (unpaired) electrons. The molecule has 3 aliphatic heterocycles. The predicted molar refractivity (Wildman–Crippen MR) is 62.6 cm³/mol. The van der Waals surface area contributed by atoms with Crippen LogP contribution in [0.1, 0.15) is 0 Å². The standard InChI is InChI=1S/5Ca.O8P2.O4P.H2O/c;;;;;1-9(5-3-6-9)10(2)7-4-8-10;1-5-3-2-4-5;/h;;;;;;;1H2/q;;;2*+1;;-1;/p-1.